The van der Waals surface area contributed by atoms with Gasteiger partial charge >= 0.3 is 0 Å². The van der Waals surface area contributed by atoms with E-state index in [4.69, 9.17) is 0 Å². The number of thioether (sulfide) groups is 1. The van der Waals surface area contributed by atoms with E-state index >= 15 is 0 Å². The van der Waals surface area contributed by atoms with Gasteiger partial charge in [0, 0.05) is 16.6 Å². The summed E-state index contributed by atoms with van der Waals surface area (Å²) in [6.07, 6.45) is 1.67. The predicted molar refractivity (Wildman–Crippen MR) is 113 cm³/mol. The number of nitrogens with zero attached hydrogens (tertiary/aromatic N) is 2. The first kappa shape index (κ1) is 19.3. The number of hydrogen-bond acceptors (Lipinski definition) is 5. The number of anilines is 1. The molecule has 0 aromatic heterocycles. The van der Waals surface area contributed by atoms with Gasteiger partial charge < -0.3 is 10.6 Å². The predicted octanol–water partition coefficient (Wildman–Crippen LogP) is 3.71. The zero-order valence-corrected chi connectivity index (χ0v) is 16.9. The van der Waals surface area contributed by atoms with E-state index in [1.54, 1.807) is 6.21 Å². The summed E-state index contributed by atoms with van der Waals surface area (Å²) in [4.78, 5) is 24.2. The first-order chi connectivity index (χ1) is 13.0. The van der Waals surface area contributed by atoms with Crippen molar-refractivity contribution in [1.82, 2.24) is 5.32 Å². The fourth-order valence-corrected chi connectivity index (χ4v) is 3.49. The number of rotatable bonds is 5. The molecule has 0 aliphatic carbocycles. The summed E-state index contributed by atoms with van der Waals surface area (Å²) >= 11 is 4.57. The third-order valence-corrected chi connectivity index (χ3v) is 5.31. The maximum atomic E-state index is 12.2. The molecule has 2 aromatic carbocycles. The van der Waals surface area contributed by atoms with Crippen LogP contribution in [0.5, 0.6) is 0 Å². The molecule has 1 unspecified atom stereocenters. The number of carbonyl (C=O) groups is 2. The van der Waals surface area contributed by atoms with Gasteiger partial charge in [-0.1, -0.05) is 57.5 Å². The number of amides is 2. The van der Waals surface area contributed by atoms with Crippen molar-refractivity contribution in [3.63, 3.8) is 0 Å². The average molecular weight is 445 g/mol. The molecule has 1 fully saturated rings. The van der Waals surface area contributed by atoms with Crippen LogP contribution < -0.4 is 10.6 Å². The van der Waals surface area contributed by atoms with Crippen LogP contribution in [0.1, 0.15) is 17.5 Å². The minimum absolute atomic E-state index is 0.0693. The van der Waals surface area contributed by atoms with Gasteiger partial charge in [-0.05, 0) is 36.8 Å². The van der Waals surface area contributed by atoms with Gasteiger partial charge in [0.05, 0.1) is 6.21 Å². The van der Waals surface area contributed by atoms with Gasteiger partial charge in [0.15, 0.2) is 5.17 Å². The quantitative estimate of drug-likeness (QED) is 0.544. The summed E-state index contributed by atoms with van der Waals surface area (Å²) in [7, 11) is 0. The molecule has 2 N–H and O–H groups in total. The Bertz CT molecular complexity index is 895. The number of hydrogen-bond donors (Lipinski definition) is 2. The van der Waals surface area contributed by atoms with Crippen LogP contribution in [0.25, 0.3) is 0 Å². The van der Waals surface area contributed by atoms with Crippen molar-refractivity contribution in [2.24, 2.45) is 10.2 Å². The molecule has 0 bridgehead atoms. The molecule has 1 saturated heterocycles. The number of aryl methyl sites for hydroxylation is 1. The Balaban J connectivity index is 1.54. The molecule has 3 rings (SSSR count). The van der Waals surface area contributed by atoms with Crippen molar-refractivity contribution < 1.29 is 9.59 Å². The Morgan fingerprint density at radius 2 is 1.93 bits per heavy atom. The molecule has 27 heavy (non-hydrogen) atoms. The summed E-state index contributed by atoms with van der Waals surface area (Å²) in [6.45, 7) is 1.98. The van der Waals surface area contributed by atoms with E-state index in [1.807, 2.05) is 55.5 Å². The van der Waals surface area contributed by atoms with Gasteiger partial charge in [0.25, 0.3) is 0 Å². The topological polar surface area (TPSA) is 82.9 Å². The smallest absolute Gasteiger partial charge is 0.240 e. The van der Waals surface area contributed by atoms with Gasteiger partial charge in [-0.2, -0.15) is 5.10 Å². The lowest BCUT2D eigenvalue weighted by Gasteiger charge is -2.07. The van der Waals surface area contributed by atoms with Gasteiger partial charge in [-0.25, -0.2) is 0 Å². The minimum atomic E-state index is -0.517. The van der Waals surface area contributed by atoms with Crippen LogP contribution in [0.2, 0.25) is 0 Å². The highest BCUT2D eigenvalue weighted by Gasteiger charge is 2.32. The summed E-state index contributed by atoms with van der Waals surface area (Å²) in [5, 5.41) is 13.3. The van der Waals surface area contributed by atoms with Crippen molar-refractivity contribution in [2.45, 2.75) is 18.6 Å². The Labute approximate surface area is 169 Å². The number of amidine groups is 1. The van der Waals surface area contributed by atoms with Crippen LogP contribution >= 0.6 is 27.7 Å². The molecular formula is C19H17BrN4O2S. The van der Waals surface area contributed by atoms with E-state index in [0.29, 0.717) is 10.9 Å². The van der Waals surface area contributed by atoms with Crippen LogP contribution in [0.4, 0.5) is 5.69 Å². The van der Waals surface area contributed by atoms with Crippen molar-refractivity contribution >= 4 is 56.6 Å². The second-order valence-electron chi connectivity index (χ2n) is 5.92. The van der Waals surface area contributed by atoms with Gasteiger partial charge in [-0.15, -0.1) is 5.10 Å². The van der Waals surface area contributed by atoms with Gasteiger partial charge in [0.2, 0.25) is 11.8 Å². The number of benzene rings is 2. The van der Waals surface area contributed by atoms with Crippen LogP contribution in [0.3, 0.4) is 0 Å². The molecule has 6 nitrogen and oxygen atoms in total. The fourth-order valence-electron chi connectivity index (χ4n) is 2.30. The van der Waals surface area contributed by atoms with E-state index in [1.165, 1.54) is 11.8 Å². The highest BCUT2D eigenvalue weighted by atomic mass is 79.9. The van der Waals surface area contributed by atoms with E-state index in [2.05, 4.69) is 36.8 Å². The average Bonchev–Trinajstić information content (AvgIpc) is 2.98. The minimum Gasteiger partial charge on any atom is -0.326 e. The monoisotopic (exact) mass is 444 g/mol. The maximum Gasteiger partial charge on any atom is 0.240 e. The van der Waals surface area contributed by atoms with Crippen LogP contribution in [-0.4, -0.2) is 28.4 Å². The van der Waals surface area contributed by atoms with Gasteiger partial charge in [-0.3, -0.25) is 9.59 Å². The number of halogens is 1. The summed E-state index contributed by atoms with van der Waals surface area (Å²) in [5.74, 6) is -0.456. The standard InChI is InChI=1S/C19H17BrN4O2S/c1-12-2-8-15(9-3-12)22-17(25)10-16-18(26)23-19(27-16)24-21-11-13-4-6-14(20)7-5-13/h2-9,11,16H,10H2,1H3,(H,22,25)(H,23,24,26)/b21-11+. The fraction of sp³-hybridized carbons (Fsp3) is 0.158. The molecule has 2 aromatic rings. The molecule has 1 heterocycles. The highest BCUT2D eigenvalue weighted by Crippen LogP contribution is 2.23. The second-order valence-corrected chi connectivity index (χ2v) is 8.02. The van der Waals surface area contributed by atoms with E-state index < -0.39 is 5.25 Å². The Morgan fingerprint density at radius 1 is 1.22 bits per heavy atom. The number of carbonyl (C=O) groups excluding carboxylic acids is 2. The van der Waals surface area contributed by atoms with E-state index in [9.17, 15) is 9.59 Å². The molecular weight excluding hydrogens is 428 g/mol. The van der Waals surface area contributed by atoms with Crippen LogP contribution in [0, 0.1) is 6.92 Å². The third-order valence-electron chi connectivity index (χ3n) is 3.71. The first-order valence-electron chi connectivity index (χ1n) is 8.20. The summed E-state index contributed by atoms with van der Waals surface area (Å²) < 4.78 is 0.983. The maximum absolute atomic E-state index is 12.2. The van der Waals surface area contributed by atoms with E-state index in [0.717, 1.165) is 15.6 Å². The van der Waals surface area contributed by atoms with Crippen LogP contribution in [0.15, 0.2) is 63.2 Å². The Hall–Kier alpha value is -2.45. The third kappa shape index (κ3) is 5.77. The highest BCUT2D eigenvalue weighted by molar-refractivity contribution is 9.10. The second kappa shape index (κ2) is 8.96. The molecule has 138 valence electrons. The lowest BCUT2D eigenvalue weighted by Crippen LogP contribution is -2.28. The SMILES string of the molecule is Cc1ccc(NC(=O)CC2S/C(=N/N=C/c3ccc(Br)cc3)NC2=O)cc1. The molecule has 0 radical (unpaired) electrons. The first-order valence-corrected chi connectivity index (χ1v) is 9.87. The van der Waals surface area contributed by atoms with E-state index in [-0.39, 0.29) is 18.2 Å². The van der Waals surface area contributed by atoms with Crippen molar-refractivity contribution in [3.8, 4) is 0 Å². The zero-order valence-electron chi connectivity index (χ0n) is 14.5. The molecule has 1 aliphatic rings. The number of nitrogens with one attached hydrogen (secondary N) is 2. The lowest BCUT2D eigenvalue weighted by molar-refractivity contribution is -0.122. The van der Waals surface area contributed by atoms with Gasteiger partial charge in [0.1, 0.15) is 5.25 Å². The molecule has 0 spiro atoms. The largest absolute Gasteiger partial charge is 0.326 e. The van der Waals surface area contributed by atoms with Crippen molar-refractivity contribution in [1.29, 1.82) is 0 Å². The Kier molecular flexibility index (Phi) is 6.41. The normalized spacial score (nSPS) is 18.1. The van der Waals surface area contributed by atoms with Crippen molar-refractivity contribution in [2.75, 3.05) is 5.32 Å². The zero-order chi connectivity index (χ0) is 19.2. The molecule has 8 heteroatoms. The molecule has 2 amide bonds. The summed E-state index contributed by atoms with van der Waals surface area (Å²) in [5.41, 5.74) is 2.72. The van der Waals surface area contributed by atoms with Crippen LogP contribution in [-0.2, 0) is 9.59 Å². The van der Waals surface area contributed by atoms with Crippen molar-refractivity contribution in [3.05, 3.63) is 64.1 Å². The summed E-state index contributed by atoms with van der Waals surface area (Å²) in [6, 6.07) is 15.1. The lowest BCUT2D eigenvalue weighted by atomic mass is 10.2. The molecule has 1 aliphatic heterocycles. The molecule has 1 atom stereocenters. The molecule has 0 saturated carbocycles. The Morgan fingerprint density at radius 3 is 2.63 bits per heavy atom.